The zero-order chi connectivity index (χ0) is 11.3. The Morgan fingerprint density at radius 1 is 1.47 bits per heavy atom. The van der Waals surface area contributed by atoms with Crippen LogP contribution in [-0.2, 0) is 4.79 Å². The van der Waals surface area contributed by atoms with Crippen molar-refractivity contribution in [1.82, 2.24) is 0 Å². The summed E-state index contributed by atoms with van der Waals surface area (Å²) in [6.07, 6.45) is 1.62. The molecule has 1 aliphatic carbocycles. The lowest BCUT2D eigenvalue weighted by Gasteiger charge is -2.35. The minimum absolute atomic E-state index is 0.118. The van der Waals surface area contributed by atoms with E-state index in [2.05, 4.69) is 13.8 Å². The topological polar surface area (TPSA) is 57.5 Å². The molecule has 2 N–H and O–H groups in total. The van der Waals surface area contributed by atoms with Crippen molar-refractivity contribution in [2.75, 3.05) is 5.75 Å². The summed E-state index contributed by atoms with van der Waals surface area (Å²) in [7, 11) is 0. The van der Waals surface area contributed by atoms with Gasteiger partial charge in [-0.15, -0.1) is 0 Å². The summed E-state index contributed by atoms with van der Waals surface area (Å²) in [5, 5.41) is 18.7. The van der Waals surface area contributed by atoms with Crippen molar-refractivity contribution in [2.24, 2.45) is 11.3 Å². The third kappa shape index (κ3) is 1.68. The van der Waals surface area contributed by atoms with E-state index in [1.54, 1.807) is 0 Å². The Hall–Kier alpha value is -0.220. The summed E-state index contributed by atoms with van der Waals surface area (Å²) in [5.41, 5.74) is -0.321. The van der Waals surface area contributed by atoms with E-state index in [-0.39, 0.29) is 10.2 Å². The van der Waals surface area contributed by atoms with Crippen LogP contribution in [0.2, 0.25) is 0 Å². The number of thioether (sulfide) groups is 1. The molecule has 2 rings (SSSR count). The van der Waals surface area contributed by atoms with Gasteiger partial charge in [0.25, 0.3) is 0 Å². The molecule has 0 aromatic carbocycles. The van der Waals surface area contributed by atoms with Gasteiger partial charge < -0.3 is 10.2 Å². The molecule has 0 spiro atoms. The van der Waals surface area contributed by atoms with Gasteiger partial charge in [-0.2, -0.15) is 11.8 Å². The highest BCUT2D eigenvalue weighted by Gasteiger charge is 2.61. The van der Waals surface area contributed by atoms with E-state index in [0.717, 1.165) is 25.0 Å². The molecule has 1 saturated carbocycles. The Morgan fingerprint density at radius 3 is 2.40 bits per heavy atom. The van der Waals surface area contributed by atoms with E-state index >= 15 is 0 Å². The lowest BCUT2D eigenvalue weighted by atomic mass is 9.75. The summed E-state index contributed by atoms with van der Waals surface area (Å²) in [6, 6.07) is 0. The van der Waals surface area contributed by atoms with E-state index < -0.39 is 12.1 Å². The molecule has 2 unspecified atom stereocenters. The molecule has 2 fully saturated rings. The number of carboxylic acid groups (broad SMARTS) is 1. The van der Waals surface area contributed by atoms with Crippen molar-refractivity contribution in [1.29, 1.82) is 0 Å². The largest absolute Gasteiger partial charge is 0.479 e. The van der Waals surface area contributed by atoms with Crippen molar-refractivity contribution in [3.05, 3.63) is 0 Å². The number of aliphatic hydroxyl groups is 1. The van der Waals surface area contributed by atoms with Crippen molar-refractivity contribution in [3.63, 3.8) is 0 Å². The first-order valence-electron chi connectivity index (χ1n) is 5.45. The van der Waals surface area contributed by atoms with Crippen LogP contribution in [0.4, 0.5) is 0 Å². The molecule has 1 aliphatic heterocycles. The van der Waals surface area contributed by atoms with Gasteiger partial charge in [0.2, 0.25) is 0 Å². The second-order valence-electron chi connectivity index (χ2n) is 5.27. The Bertz CT molecular complexity index is 284. The fourth-order valence-corrected chi connectivity index (χ4v) is 4.50. The smallest absolute Gasteiger partial charge is 0.333 e. The van der Waals surface area contributed by atoms with Gasteiger partial charge in [0.15, 0.2) is 6.10 Å². The average Bonchev–Trinajstić information content (AvgIpc) is 2.85. The van der Waals surface area contributed by atoms with Crippen LogP contribution >= 0.6 is 11.8 Å². The van der Waals surface area contributed by atoms with Crippen LogP contribution in [0.3, 0.4) is 0 Å². The standard InChI is InChI=1S/C11H18O3S/c1-10(2)7(3-6-15-10)11(4-5-11)8(12)9(13)14/h7-8,12H,3-6H2,1-2H3,(H,13,14). The molecule has 1 heterocycles. The van der Waals surface area contributed by atoms with Crippen LogP contribution in [0.1, 0.15) is 33.1 Å². The number of carboxylic acids is 1. The first-order chi connectivity index (χ1) is 6.90. The molecule has 15 heavy (non-hydrogen) atoms. The maximum absolute atomic E-state index is 10.9. The first kappa shape index (κ1) is 11.3. The van der Waals surface area contributed by atoms with Crippen molar-refractivity contribution in [3.8, 4) is 0 Å². The molecule has 0 radical (unpaired) electrons. The molecule has 2 aliphatic rings. The fraction of sp³-hybridized carbons (Fsp3) is 0.909. The van der Waals surface area contributed by atoms with E-state index in [1.165, 1.54) is 0 Å². The molecular formula is C11H18O3S. The molecule has 0 bridgehead atoms. The van der Waals surface area contributed by atoms with Crippen LogP contribution in [0.25, 0.3) is 0 Å². The molecule has 0 aromatic heterocycles. The first-order valence-corrected chi connectivity index (χ1v) is 6.43. The van der Waals surface area contributed by atoms with E-state index in [1.807, 2.05) is 11.8 Å². The normalized spacial score (nSPS) is 33.7. The van der Waals surface area contributed by atoms with Crippen LogP contribution < -0.4 is 0 Å². The maximum atomic E-state index is 10.9. The molecule has 4 heteroatoms. The van der Waals surface area contributed by atoms with E-state index in [4.69, 9.17) is 5.11 Å². The average molecular weight is 230 g/mol. The predicted octanol–water partition coefficient (Wildman–Crippen LogP) is 1.74. The second kappa shape index (κ2) is 3.39. The van der Waals surface area contributed by atoms with E-state index in [9.17, 15) is 9.90 Å². The monoisotopic (exact) mass is 230 g/mol. The zero-order valence-electron chi connectivity index (χ0n) is 9.19. The Balaban J connectivity index is 2.19. The van der Waals surface area contributed by atoms with Crippen LogP contribution in [0.15, 0.2) is 0 Å². The number of carbonyl (C=O) groups is 1. The second-order valence-corrected chi connectivity index (χ2v) is 7.02. The molecular weight excluding hydrogens is 212 g/mol. The van der Waals surface area contributed by atoms with Gasteiger partial charge in [0.1, 0.15) is 0 Å². The van der Waals surface area contributed by atoms with Crippen molar-refractivity contribution >= 4 is 17.7 Å². The molecule has 1 saturated heterocycles. The molecule has 3 nitrogen and oxygen atoms in total. The number of hydrogen-bond acceptors (Lipinski definition) is 3. The Kier molecular flexibility index (Phi) is 2.54. The van der Waals surface area contributed by atoms with Crippen LogP contribution in [0, 0.1) is 11.3 Å². The number of aliphatic carboxylic acids is 1. The maximum Gasteiger partial charge on any atom is 0.333 e. The van der Waals surface area contributed by atoms with Gasteiger partial charge in [-0.05, 0) is 30.9 Å². The quantitative estimate of drug-likeness (QED) is 0.775. The molecule has 0 aromatic rings. The minimum Gasteiger partial charge on any atom is -0.479 e. The van der Waals surface area contributed by atoms with Gasteiger partial charge in [0, 0.05) is 10.2 Å². The lowest BCUT2D eigenvalue weighted by Crippen LogP contribution is -2.41. The lowest BCUT2D eigenvalue weighted by molar-refractivity contribution is -0.152. The summed E-state index contributed by atoms with van der Waals surface area (Å²) >= 11 is 1.90. The highest BCUT2D eigenvalue weighted by Crippen LogP contribution is 2.63. The highest BCUT2D eigenvalue weighted by atomic mass is 32.2. The Labute approximate surface area is 94.3 Å². The summed E-state index contributed by atoms with van der Waals surface area (Å²) in [5.74, 6) is 0.382. The van der Waals surface area contributed by atoms with Crippen molar-refractivity contribution in [2.45, 2.75) is 44.0 Å². The highest BCUT2D eigenvalue weighted by molar-refractivity contribution is 8.00. The number of aliphatic hydroxyl groups excluding tert-OH is 1. The molecule has 0 amide bonds. The molecule has 2 atom stereocenters. The van der Waals surface area contributed by atoms with E-state index in [0.29, 0.717) is 5.92 Å². The third-order valence-electron chi connectivity index (χ3n) is 4.02. The van der Waals surface area contributed by atoms with Gasteiger partial charge in [-0.3, -0.25) is 0 Å². The van der Waals surface area contributed by atoms with Crippen LogP contribution in [0.5, 0.6) is 0 Å². The summed E-state index contributed by atoms with van der Waals surface area (Å²) in [4.78, 5) is 10.9. The van der Waals surface area contributed by atoms with Gasteiger partial charge >= 0.3 is 5.97 Å². The zero-order valence-corrected chi connectivity index (χ0v) is 10.0. The van der Waals surface area contributed by atoms with Crippen LogP contribution in [-0.4, -0.2) is 32.8 Å². The van der Waals surface area contributed by atoms with Gasteiger partial charge in [-0.1, -0.05) is 13.8 Å². The SMILES string of the molecule is CC1(C)SCCC1C1(C(O)C(=O)O)CC1. The molecule has 86 valence electrons. The van der Waals surface area contributed by atoms with Gasteiger partial charge in [-0.25, -0.2) is 4.79 Å². The minimum atomic E-state index is -1.17. The van der Waals surface area contributed by atoms with Gasteiger partial charge in [0.05, 0.1) is 0 Å². The Morgan fingerprint density at radius 2 is 2.07 bits per heavy atom. The summed E-state index contributed by atoms with van der Waals surface area (Å²) < 4.78 is 0.118. The summed E-state index contributed by atoms with van der Waals surface area (Å²) in [6.45, 7) is 4.34. The fourth-order valence-electron chi connectivity index (χ4n) is 3.07. The number of rotatable bonds is 3. The van der Waals surface area contributed by atoms with Crippen molar-refractivity contribution < 1.29 is 15.0 Å². The third-order valence-corrected chi connectivity index (χ3v) is 5.49. The number of hydrogen-bond donors (Lipinski definition) is 2. The predicted molar refractivity (Wildman–Crippen MR) is 60.0 cm³/mol.